The van der Waals surface area contributed by atoms with Crippen LogP contribution in [0.5, 0.6) is 0 Å². The normalized spacial score (nSPS) is 30.5. The van der Waals surface area contributed by atoms with Gasteiger partial charge >= 0.3 is 0 Å². The minimum Gasteiger partial charge on any atom is -0.374 e. The molecule has 0 spiro atoms. The van der Waals surface area contributed by atoms with E-state index in [-0.39, 0.29) is 0 Å². The predicted octanol–water partition coefficient (Wildman–Crippen LogP) is 1.24. The van der Waals surface area contributed by atoms with Gasteiger partial charge in [-0.25, -0.2) is 8.42 Å². The fourth-order valence-electron chi connectivity index (χ4n) is 4.61. The number of hydrogen-bond acceptors (Lipinski definition) is 4. The van der Waals surface area contributed by atoms with Crippen LogP contribution in [0.2, 0.25) is 0 Å². The fraction of sp³-hybridized carbons (Fsp3) is 0.611. The van der Waals surface area contributed by atoms with Crippen LogP contribution in [0.4, 0.5) is 5.69 Å². The van der Waals surface area contributed by atoms with Crippen LogP contribution >= 0.6 is 0 Å². The lowest BCUT2D eigenvalue weighted by molar-refractivity contribution is 0.0767. The van der Waals surface area contributed by atoms with E-state index in [9.17, 15) is 8.42 Å². The second-order valence-electron chi connectivity index (χ2n) is 7.50. The highest BCUT2D eigenvalue weighted by molar-refractivity contribution is 7.92. The molecular formula is C18H26N4O3S. The van der Waals surface area contributed by atoms with Crippen molar-refractivity contribution in [1.82, 2.24) is 10.2 Å². The summed E-state index contributed by atoms with van der Waals surface area (Å²) < 4.78 is 31.3. The summed E-state index contributed by atoms with van der Waals surface area (Å²) in [7, 11) is -1.46. The van der Waals surface area contributed by atoms with Gasteiger partial charge in [0, 0.05) is 44.2 Å². The molecule has 7 nitrogen and oxygen atoms in total. The summed E-state index contributed by atoms with van der Waals surface area (Å²) in [5, 5.41) is 3.41. The van der Waals surface area contributed by atoms with E-state index in [1.54, 1.807) is 6.07 Å². The number of likely N-dealkylation sites (tertiary alicyclic amines) is 1. The molecule has 4 atom stereocenters. The number of aliphatic imine (C=N–C) groups is 1. The van der Waals surface area contributed by atoms with Crippen molar-refractivity contribution in [3.63, 3.8) is 0 Å². The molecule has 0 amide bonds. The number of nitrogens with one attached hydrogen (secondary N) is 2. The Bertz CT molecular complexity index is 792. The van der Waals surface area contributed by atoms with E-state index < -0.39 is 10.0 Å². The first kappa shape index (κ1) is 17.6. The zero-order chi connectivity index (χ0) is 18.3. The van der Waals surface area contributed by atoms with E-state index in [0.717, 1.165) is 30.9 Å². The van der Waals surface area contributed by atoms with E-state index in [1.165, 1.54) is 12.8 Å². The second-order valence-corrected chi connectivity index (χ2v) is 9.25. The molecule has 0 aliphatic carbocycles. The maximum atomic E-state index is 11.4. The summed E-state index contributed by atoms with van der Waals surface area (Å²) in [6.07, 6.45) is 4.43. The highest BCUT2D eigenvalue weighted by atomic mass is 32.2. The van der Waals surface area contributed by atoms with Gasteiger partial charge in [0.2, 0.25) is 10.0 Å². The Kier molecular flexibility index (Phi) is 4.56. The third-order valence-corrected chi connectivity index (χ3v) is 6.25. The van der Waals surface area contributed by atoms with Crippen molar-refractivity contribution in [2.45, 2.75) is 31.6 Å². The van der Waals surface area contributed by atoms with Gasteiger partial charge in [-0.3, -0.25) is 9.71 Å². The number of sulfonamides is 1. The summed E-state index contributed by atoms with van der Waals surface area (Å²) in [5.74, 6) is 2.17. The average Bonchev–Trinajstić information content (AvgIpc) is 3.27. The Morgan fingerprint density at radius 1 is 1.27 bits per heavy atom. The van der Waals surface area contributed by atoms with Crippen molar-refractivity contribution in [2.75, 3.05) is 31.1 Å². The van der Waals surface area contributed by atoms with Crippen molar-refractivity contribution in [2.24, 2.45) is 16.8 Å². The van der Waals surface area contributed by atoms with Gasteiger partial charge in [-0.2, -0.15) is 0 Å². The number of benzene rings is 1. The lowest BCUT2D eigenvalue weighted by atomic mass is 9.82. The van der Waals surface area contributed by atoms with Gasteiger partial charge in [0.15, 0.2) is 5.96 Å². The topological polar surface area (TPSA) is 83.0 Å². The molecule has 1 aromatic carbocycles. The van der Waals surface area contributed by atoms with Crippen LogP contribution in [0, 0.1) is 11.8 Å². The van der Waals surface area contributed by atoms with E-state index in [0.29, 0.717) is 36.3 Å². The highest BCUT2D eigenvalue weighted by Crippen LogP contribution is 2.47. The summed E-state index contributed by atoms with van der Waals surface area (Å²) in [6.45, 7) is 2.60. The van der Waals surface area contributed by atoms with Crippen LogP contribution in [0.15, 0.2) is 29.3 Å². The molecule has 142 valence electrons. The van der Waals surface area contributed by atoms with Crippen LogP contribution in [0.25, 0.3) is 0 Å². The third-order valence-electron chi connectivity index (χ3n) is 5.64. The van der Waals surface area contributed by atoms with Gasteiger partial charge in [0.1, 0.15) is 0 Å². The maximum absolute atomic E-state index is 11.4. The highest BCUT2D eigenvalue weighted by Gasteiger charge is 2.53. The van der Waals surface area contributed by atoms with Gasteiger partial charge in [-0.05, 0) is 30.5 Å². The first-order valence-corrected chi connectivity index (χ1v) is 11.0. The average molecular weight is 378 g/mol. The Morgan fingerprint density at radius 3 is 2.58 bits per heavy atom. The minimum absolute atomic E-state index is 0.437. The van der Waals surface area contributed by atoms with Crippen molar-refractivity contribution in [3.05, 3.63) is 29.8 Å². The molecule has 2 bridgehead atoms. The van der Waals surface area contributed by atoms with E-state index >= 15 is 0 Å². The van der Waals surface area contributed by atoms with E-state index in [1.807, 2.05) is 25.2 Å². The molecule has 0 radical (unpaired) electrons. The Labute approximate surface area is 154 Å². The minimum atomic E-state index is -3.27. The van der Waals surface area contributed by atoms with Crippen molar-refractivity contribution >= 4 is 21.7 Å². The molecule has 0 aromatic heterocycles. The molecule has 1 aromatic rings. The lowest BCUT2D eigenvalue weighted by Gasteiger charge is -2.23. The zero-order valence-corrected chi connectivity index (χ0v) is 16.0. The van der Waals surface area contributed by atoms with Crippen molar-refractivity contribution < 1.29 is 13.2 Å². The molecule has 0 saturated carbocycles. The summed E-state index contributed by atoms with van der Waals surface area (Å²) in [6, 6.07) is 7.41. The number of guanidine groups is 1. The molecule has 3 aliphatic rings. The standard InChI is InChI=1S/C18H26N4O3S/c1-19-18(22-10-14-15(11-22)17-7-6-16(14)25-17)20-9-12-4-3-5-13(8-12)21-26(2,23)24/h3-5,8,14-17,21H,6-7,9-11H2,1-2H3,(H,19,20). The van der Waals surface area contributed by atoms with Gasteiger partial charge in [-0.1, -0.05) is 12.1 Å². The van der Waals surface area contributed by atoms with Crippen molar-refractivity contribution in [3.8, 4) is 0 Å². The number of anilines is 1. The molecule has 3 aliphatic heterocycles. The number of nitrogens with zero attached hydrogens (tertiary/aromatic N) is 2. The molecule has 3 fully saturated rings. The molecule has 26 heavy (non-hydrogen) atoms. The predicted molar refractivity (Wildman–Crippen MR) is 102 cm³/mol. The number of hydrogen-bond donors (Lipinski definition) is 2. The monoisotopic (exact) mass is 378 g/mol. The van der Waals surface area contributed by atoms with E-state index in [2.05, 4.69) is 19.9 Å². The summed E-state index contributed by atoms with van der Waals surface area (Å²) in [4.78, 5) is 6.78. The first-order chi connectivity index (χ1) is 12.4. The molecule has 8 heteroatoms. The summed E-state index contributed by atoms with van der Waals surface area (Å²) in [5.41, 5.74) is 1.58. The Morgan fingerprint density at radius 2 is 1.96 bits per heavy atom. The first-order valence-electron chi connectivity index (χ1n) is 9.11. The SMILES string of the molecule is CN=C(NCc1cccc(NS(C)(=O)=O)c1)N1CC2C3CCC(O3)C2C1. The smallest absolute Gasteiger partial charge is 0.229 e. The van der Waals surface area contributed by atoms with Gasteiger partial charge in [0.05, 0.1) is 18.5 Å². The number of ether oxygens (including phenoxy) is 1. The molecule has 2 N–H and O–H groups in total. The van der Waals surface area contributed by atoms with Crippen LogP contribution in [0.3, 0.4) is 0 Å². The molecule has 4 unspecified atom stereocenters. The van der Waals surface area contributed by atoms with Crippen molar-refractivity contribution in [1.29, 1.82) is 0 Å². The van der Waals surface area contributed by atoms with Crippen LogP contribution in [-0.4, -0.2) is 57.9 Å². The molecule has 3 heterocycles. The van der Waals surface area contributed by atoms with Crippen LogP contribution in [0.1, 0.15) is 18.4 Å². The Balaban J connectivity index is 1.37. The molecular weight excluding hydrogens is 352 g/mol. The van der Waals surface area contributed by atoms with Gasteiger partial charge < -0.3 is 15.0 Å². The zero-order valence-electron chi connectivity index (χ0n) is 15.2. The van der Waals surface area contributed by atoms with Gasteiger partial charge in [-0.15, -0.1) is 0 Å². The summed E-state index contributed by atoms with van der Waals surface area (Å²) >= 11 is 0. The van der Waals surface area contributed by atoms with Crippen LogP contribution < -0.4 is 10.0 Å². The maximum Gasteiger partial charge on any atom is 0.229 e. The van der Waals surface area contributed by atoms with Crippen LogP contribution in [-0.2, 0) is 21.3 Å². The third kappa shape index (κ3) is 3.53. The number of rotatable bonds is 4. The Hall–Kier alpha value is -1.80. The van der Waals surface area contributed by atoms with Gasteiger partial charge in [0.25, 0.3) is 0 Å². The molecule has 4 rings (SSSR count). The lowest BCUT2D eigenvalue weighted by Crippen LogP contribution is -2.41. The fourth-order valence-corrected chi connectivity index (χ4v) is 5.16. The quantitative estimate of drug-likeness (QED) is 0.608. The number of fused-ring (bicyclic) bond motifs is 5. The molecule has 3 saturated heterocycles. The van der Waals surface area contributed by atoms with E-state index in [4.69, 9.17) is 4.74 Å². The second kappa shape index (κ2) is 6.74. The largest absolute Gasteiger partial charge is 0.374 e.